The number of ether oxygens (including phenoxy) is 2. The summed E-state index contributed by atoms with van der Waals surface area (Å²) in [7, 11) is 0. The number of carbonyl (C=O) groups excluding carboxylic acids is 1. The van der Waals surface area contributed by atoms with E-state index in [0.717, 1.165) is 15.6 Å². The van der Waals surface area contributed by atoms with E-state index in [1.165, 1.54) is 11.3 Å². The largest absolute Gasteiger partial charge is 0.440 e. The summed E-state index contributed by atoms with van der Waals surface area (Å²) in [6.07, 6.45) is -1.16. The molecule has 2 heterocycles. The number of rotatable bonds is 7. The first-order valence-electron chi connectivity index (χ1n) is 10.4. The Morgan fingerprint density at radius 2 is 1.88 bits per heavy atom. The number of benzene rings is 2. The third-order valence-corrected chi connectivity index (χ3v) is 6.46. The number of nitrogens with zero attached hydrogens (tertiary/aromatic N) is 2. The molecule has 0 aliphatic rings. The lowest BCUT2D eigenvalue weighted by Gasteiger charge is -2.21. The highest BCUT2D eigenvalue weighted by molar-refractivity contribution is 7.11. The zero-order valence-corrected chi connectivity index (χ0v) is 19.6. The molecule has 0 radical (unpaired) electrons. The van der Waals surface area contributed by atoms with Crippen LogP contribution in [-0.4, -0.2) is 11.0 Å². The smallest absolute Gasteiger partial charge is 0.316 e. The Balaban J connectivity index is 1.58. The van der Waals surface area contributed by atoms with Crippen LogP contribution in [0.4, 0.5) is 0 Å². The van der Waals surface area contributed by atoms with Crippen LogP contribution in [0.25, 0.3) is 10.8 Å². The maximum absolute atomic E-state index is 13.3. The van der Waals surface area contributed by atoms with Crippen LogP contribution in [0.3, 0.4) is 0 Å². The number of aromatic nitrogens is 1. The van der Waals surface area contributed by atoms with Crippen molar-refractivity contribution in [3.05, 3.63) is 87.7 Å². The summed E-state index contributed by atoms with van der Waals surface area (Å²) in [6.45, 7) is 3.91. The highest BCUT2D eigenvalue weighted by atomic mass is 35.5. The van der Waals surface area contributed by atoms with E-state index in [1.807, 2.05) is 61.7 Å². The Hall–Kier alpha value is -3.40. The van der Waals surface area contributed by atoms with Crippen molar-refractivity contribution in [2.24, 2.45) is 5.92 Å². The minimum atomic E-state index is -1.16. The third-order valence-electron chi connectivity index (χ3n) is 5.13. The average molecular weight is 477 g/mol. The fourth-order valence-corrected chi connectivity index (χ4v) is 4.99. The van der Waals surface area contributed by atoms with Crippen molar-refractivity contribution >= 4 is 39.7 Å². The molecule has 2 atom stereocenters. The summed E-state index contributed by atoms with van der Waals surface area (Å²) < 4.78 is 11.4. The zero-order valence-electron chi connectivity index (χ0n) is 18.1. The highest BCUT2D eigenvalue weighted by Crippen LogP contribution is 2.38. The summed E-state index contributed by atoms with van der Waals surface area (Å²) in [5.74, 6) is -0.120. The Morgan fingerprint density at radius 3 is 2.61 bits per heavy atom. The molecule has 4 rings (SSSR count). The second-order valence-electron chi connectivity index (χ2n) is 7.82. The van der Waals surface area contributed by atoms with Crippen LogP contribution in [0.2, 0.25) is 5.02 Å². The molecular weight excluding hydrogens is 456 g/mol. The summed E-state index contributed by atoms with van der Waals surface area (Å²) in [4.78, 5) is 18.5. The fourth-order valence-electron chi connectivity index (χ4n) is 3.54. The molecule has 2 aromatic heterocycles. The molecule has 0 N–H and O–H groups in total. The molecule has 0 fully saturated rings. The van der Waals surface area contributed by atoms with Gasteiger partial charge in [-0.25, -0.2) is 4.98 Å². The predicted molar refractivity (Wildman–Crippen MR) is 130 cm³/mol. The number of fused-ring (bicyclic) bond motifs is 1. The Morgan fingerprint density at radius 1 is 1.09 bits per heavy atom. The number of halogens is 1. The van der Waals surface area contributed by atoms with Gasteiger partial charge in [0.05, 0.1) is 11.6 Å². The van der Waals surface area contributed by atoms with Crippen molar-refractivity contribution in [1.82, 2.24) is 4.98 Å². The molecule has 0 saturated heterocycles. The number of hydrogen-bond donors (Lipinski definition) is 0. The van der Waals surface area contributed by atoms with Crippen molar-refractivity contribution in [3.8, 4) is 17.7 Å². The van der Waals surface area contributed by atoms with Crippen LogP contribution in [0.5, 0.6) is 11.6 Å². The maximum Gasteiger partial charge on any atom is 0.316 e. The molecule has 0 amide bonds. The number of esters is 1. The van der Waals surface area contributed by atoms with Gasteiger partial charge >= 0.3 is 5.97 Å². The van der Waals surface area contributed by atoms with Crippen LogP contribution < -0.4 is 4.74 Å². The lowest BCUT2D eigenvalue weighted by Crippen LogP contribution is -2.22. The van der Waals surface area contributed by atoms with Crippen molar-refractivity contribution in [2.75, 3.05) is 0 Å². The van der Waals surface area contributed by atoms with Gasteiger partial charge < -0.3 is 9.47 Å². The molecule has 2 unspecified atom stereocenters. The molecule has 166 valence electrons. The van der Waals surface area contributed by atoms with Crippen LogP contribution in [0.15, 0.2) is 72.1 Å². The minimum absolute atomic E-state index is 0.0432. The van der Waals surface area contributed by atoms with Gasteiger partial charge in [0.2, 0.25) is 12.0 Å². The third kappa shape index (κ3) is 5.16. The van der Waals surface area contributed by atoms with E-state index < -0.39 is 18.0 Å². The number of hydrogen-bond acceptors (Lipinski definition) is 6. The van der Waals surface area contributed by atoms with E-state index in [9.17, 15) is 10.1 Å². The first kappa shape index (κ1) is 22.8. The molecule has 7 heteroatoms. The van der Waals surface area contributed by atoms with Gasteiger partial charge in [-0.1, -0.05) is 55.8 Å². The van der Waals surface area contributed by atoms with E-state index in [0.29, 0.717) is 22.3 Å². The maximum atomic E-state index is 13.3. The quantitative estimate of drug-likeness (QED) is 0.262. The summed E-state index contributed by atoms with van der Waals surface area (Å²) >= 11 is 7.69. The van der Waals surface area contributed by atoms with Gasteiger partial charge in [-0.3, -0.25) is 4.79 Å². The van der Waals surface area contributed by atoms with Crippen LogP contribution >= 0.6 is 22.9 Å². The number of carbonyl (C=O) groups is 1. The van der Waals surface area contributed by atoms with E-state index >= 15 is 0 Å². The van der Waals surface area contributed by atoms with E-state index in [1.54, 1.807) is 30.3 Å². The molecule has 0 spiro atoms. The monoisotopic (exact) mass is 476 g/mol. The first-order chi connectivity index (χ1) is 16.0. The molecule has 4 aromatic rings. The fraction of sp³-hybridized carbons (Fsp3) is 0.192. The van der Waals surface area contributed by atoms with Gasteiger partial charge in [-0.15, -0.1) is 11.3 Å². The average Bonchev–Trinajstić information content (AvgIpc) is 3.20. The minimum Gasteiger partial charge on any atom is -0.440 e. The van der Waals surface area contributed by atoms with Crippen molar-refractivity contribution < 1.29 is 14.3 Å². The lowest BCUT2D eigenvalue weighted by atomic mass is 9.92. The lowest BCUT2D eigenvalue weighted by molar-refractivity contribution is -0.150. The van der Waals surface area contributed by atoms with Gasteiger partial charge in [0.15, 0.2) is 0 Å². The Bertz CT molecular complexity index is 1310. The Labute approximate surface area is 201 Å². The topological polar surface area (TPSA) is 72.2 Å². The molecule has 0 aliphatic heterocycles. The van der Waals surface area contributed by atoms with E-state index in [-0.39, 0.29) is 5.92 Å². The second kappa shape index (κ2) is 10.0. The molecule has 0 saturated carbocycles. The summed E-state index contributed by atoms with van der Waals surface area (Å²) in [6, 6.07) is 21.9. The van der Waals surface area contributed by atoms with Gasteiger partial charge in [0, 0.05) is 16.0 Å². The van der Waals surface area contributed by atoms with Crippen molar-refractivity contribution in [2.45, 2.75) is 25.9 Å². The number of para-hydroxylation sites is 1. The van der Waals surface area contributed by atoms with Gasteiger partial charge in [-0.05, 0) is 52.4 Å². The van der Waals surface area contributed by atoms with Crippen LogP contribution in [0.1, 0.15) is 36.4 Å². The second-order valence-corrected chi connectivity index (χ2v) is 9.16. The van der Waals surface area contributed by atoms with Gasteiger partial charge in [0.25, 0.3) is 0 Å². The Kier molecular flexibility index (Phi) is 6.93. The number of thiophene rings is 1. The van der Waals surface area contributed by atoms with Gasteiger partial charge in [-0.2, -0.15) is 5.26 Å². The normalized spacial score (nSPS) is 12.8. The van der Waals surface area contributed by atoms with Crippen molar-refractivity contribution in [3.63, 3.8) is 0 Å². The van der Waals surface area contributed by atoms with Gasteiger partial charge in [0.1, 0.15) is 11.8 Å². The number of nitriles is 1. The molecule has 2 aromatic carbocycles. The molecule has 5 nitrogen and oxygen atoms in total. The molecule has 0 bridgehead atoms. The highest BCUT2D eigenvalue weighted by Gasteiger charge is 2.31. The van der Waals surface area contributed by atoms with Crippen LogP contribution in [-0.2, 0) is 9.53 Å². The zero-order chi connectivity index (χ0) is 23.4. The standard InChI is InChI=1S/C26H21ClN2O3S/c1-16(2)24(25-20-13-18(27)12-11-17(20)15-33-25)26(30)32-22(14-28)21-9-6-10-23(29-21)31-19-7-4-3-5-8-19/h3-13,15-16,22,24H,1-2H3. The molecule has 0 aliphatic carbocycles. The predicted octanol–water partition coefficient (Wildman–Crippen LogP) is 7.29. The summed E-state index contributed by atoms with van der Waals surface area (Å²) in [5, 5.41) is 14.3. The SMILES string of the molecule is CC(C)C(C(=O)OC(C#N)c1cccc(Oc2ccccc2)n1)c1scc2ccc(Cl)cc12. The van der Waals surface area contributed by atoms with Crippen molar-refractivity contribution in [1.29, 1.82) is 5.26 Å². The summed E-state index contributed by atoms with van der Waals surface area (Å²) in [5.41, 5.74) is 0.306. The number of pyridine rings is 1. The first-order valence-corrected chi connectivity index (χ1v) is 11.7. The van der Waals surface area contributed by atoms with Crippen LogP contribution in [0, 0.1) is 17.2 Å². The molecular formula is C26H21ClN2O3S. The van der Waals surface area contributed by atoms with E-state index in [2.05, 4.69) is 4.98 Å². The molecule has 33 heavy (non-hydrogen) atoms. The van der Waals surface area contributed by atoms with E-state index in [4.69, 9.17) is 21.1 Å².